The predicted molar refractivity (Wildman–Crippen MR) is 120 cm³/mol. The molecule has 31 heavy (non-hydrogen) atoms. The summed E-state index contributed by atoms with van der Waals surface area (Å²) in [4.78, 5) is 12.7. The van der Waals surface area contributed by atoms with Crippen LogP contribution in [0.15, 0.2) is 83.8 Å². The number of nitrogens with zero attached hydrogens (tertiary/aromatic N) is 1. The summed E-state index contributed by atoms with van der Waals surface area (Å²) < 4.78 is 33.6. The summed E-state index contributed by atoms with van der Waals surface area (Å²) in [6.07, 6.45) is 0. The van der Waals surface area contributed by atoms with Crippen molar-refractivity contribution in [3.63, 3.8) is 0 Å². The van der Waals surface area contributed by atoms with Crippen LogP contribution in [0, 0.1) is 6.92 Å². The van der Waals surface area contributed by atoms with E-state index in [9.17, 15) is 13.2 Å². The molecule has 0 aromatic heterocycles. The molecule has 0 fully saturated rings. The summed E-state index contributed by atoms with van der Waals surface area (Å²) in [6.45, 7) is 1.90. The molecule has 0 bridgehead atoms. The Hall–Kier alpha value is -3.16. The second-order valence-electron chi connectivity index (χ2n) is 7.18. The molecule has 162 valence electrons. The highest BCUT2D eigenvalue weighted by molar-refractivity contribution is 7.89. The van der Waals surface area contributed by atoms with Gasteiger partial charge >= 0.3 is 0 Å². The first-order valence-corrected chi connectivity index (χ1v) is 11.3. The van der Waals surface area contributed by atoms with Crippen LogP contribution >= 0.6 is 0 Å². The van der Waals surface area contributed by atoms with Crippen LogP contribution in [0.2, 0.25) is 0 Å². The third kappa shape index (κ3) is 5.93. The molecule has 3 aromatic rings. The number of ether oxygens (including phenoxy) is 1. The van der Waals surface area contributed by atoms with E-state index in [2.05, 4.69) is 5.32 Å². The topological polar surface area (TPSA) is 75.7 Å². The number of aryl methyl sites for hydroxylation is 1. The van der Waals surface area contributed by atoms with Crippen LogP contribution in [0.25, 0.3) is 0 Å². The average Bonchev–Trinajstić information content (AvgIpc) is 2.78. The average molecular weight is 439 g/mol. The number of rotatable bonds is 9. The van der Waals surface area contributed by atoms with Crippen LogP contribution in [0.4, 0.5) is 0 Å². The SMILES string of the molecule is COc1ccc(C)cc1S(=O)(=O)N(CC(=O)NCc1ccccc1)Cc1ccccc1. The van der Waals surface area contributed by atoms with Gasteiger partial charge in [-0.25, -0.2) is 8.42 Å². The molecular weight excluding hydrogens is 412 g/mol. The quantitative estimate of drug-likeness (QED) is 0.555. The molecule has 0 radical (unpaired) electrons. The fourth-order valence-corrected chi connectivity index (χ4v) is 4.77. The van der Waals surface area contributed by atoms with Crippen LogP contribution < -0.4 is 10.1 Å². The number of carbonyl (C=O) groups excluding carboxylic acids is 1. The van der Waals surface area contributed by atoms with Crippen molar-refractivity contribution >= 4 is 15.9 Å². The normalized spacial score (nSPS) is 11.3. The van der Waals surface area contributed by atoms with Gasteiger partial charge in [-0.1, -0.05) is 66.7 Å². The van der Waals surface area contributed by atoms with E-state index in [1.54, 1.807) is 18.2 Å². The van der Waals surface area contributed by atoms with Gasteiger partial charge in [-0.3, -0.25) is 4.79 Å². The second-order valence-corrected chi connectivity index (χ2v) is 9.08. The van der Waals surface area contributed by atoms with Gasteiger partial charge < -0.3 is 10.1 Å². The Bertz CT molecular complexity index is 1120. The molecule has 0 saturated carbocycles. The summed E-state index contributed by atoms with van der Waals surface area (Å²) in [5, 5.41) is 2.80. The standard InChI is InChI=1S/C24H26N2O4S/c1-19-13-14-22(30-2)23(15-19)31(28,29)26(17-21-11-7-4-8-12-21)18-24(27)25-16-20-9-5-3-6-10-20/h3-15H,16-18H2,1-2H3,(H,25,27). The molecule has 0 spiro atoms. The Balaban J connectivity index is 1.87. The summed E-state index contributed by atoms with van der Waals surface area (Å²) >= 11 is 0. The predicted octanol–water partition coefficient (Wildman–Crippen LogP) is 3.51. The lowest BCUT2D eigenvalue weighted by Gasteiger charge is -2.23. The second kappa shape index (κ2) is 10.2. The van der Waals surface area contributed by atoms with Crippen molar-refractivity contribution in [2.75, 3.05) is 13.7 Å². The van der Waals surface area contributed by atoms with Crippen LogP contribution in [0.1, 0.15) is 16.7 Å². The van der Waals surface area contributed by atoms with Crippen molar-refractivity contribution in [2.45, 2.75) is 24.9 Å². The number of methoxy groups -OCH3 is 1. The smallest absolute Gasteiger partial charge is 0.247 e. The molecule has 0 atom stereocenters. The minimum Gasteiger partial charge on any atom is -0.495 e. The molecule has 0 aliphatic rings. The molecule has 0 unspecified atom stereocenters. The number of amides is 1. The molecule has 7 heteroatoms. The number of nitrogens with one attached hydrogen (secondary N) is 1. The number of hydrogen-bond acceptors (Lipinski definition) is 4. The fourth-order valence-electron chi connectivity index (χ4n) is 3.15. The maximum absolute atomic E-state index is 13.5. The van der Waals surface area contributed by atoms with E-state index in [-0.39, 0.29) is 29.6 Å². The van der Waals surface area contributed by atoms with Crippen LogP contribution in [0.5, 0.6) is 5.75 Å². The van der Waals surface area contributed by atoms with E-state index in [1.807, 2.05) is 67.6 Å². The lowest BCUT2D eigenvalue weighted by molar-refractivity contribution is -0.121. The van der Waals surface area contributed by atoms with E-state index in [0.717, 1.165) is 16.7 Å². The van der Waals surface area contributed by atoms with Gasteiger partial charge in [0.25, 0.3) is 0 Å². The molecule has 0 aliphatic heterocycles. The van der Waals surface area contributed by atoms with E-state index in [1.165, 1.54) is 11.4 Å². The van der Waals surface area contributed by atoms with Crippen molar-refractivity contribution in [3.8, 4) is 5.75 Å². The van der Waals surface area contributed by atoms with Gasteiger partial charge in [0.15, 0.2) is 0 Å². The maximum atomic E-state index is 13.5. The summed E-state index contributed by atoms with van der Waals surface area (Å²) in [5.74, 6) is -0.136. The van der Waals surface area contributed by atoms with Gasteiger partial charge in [-0.2, -0.15) is 4.31 Å². The molecular formula is C24H26N2O4S. The lowest BCUT2D eigenvalue weighted by Crippen LogP contribution is -2.40. The van der Waals surface area contributed by atoms with Crippen LogP contribution in [-0.4, -0.2) is 32.3 Å². The summed E-state index contributed by atoms with van der Waals surface area (Å²) in [6, 6.07) is 23.6. The first kappa shape index (κ1) is 22.5. The zero-order valence-corrected chi connectivity index (χ0v) is 18.4. The molecule has 3 aromatic carbocycles. The first-order chi connectivity index (χ1) is 14.9. The largest absolute Gasteiger partial charge is 0.495 e. The molecule has 6 nitrogen and oxygen atoms in total. The highest BCUT2D eigenvalue weighted by Gasteiger charge is 2.30. The minimum absolute atomic E-state index is 0.0433. The first-order valence-electron chi connectivity index (χ1n) is 9.89. The van der Waals surface area contributed by atoms with E-state index >= 15 is 0 Å². The van der Waals surface area contributed by atoms with E-state index < -0.39 is 10.0 Å². The van der Waals surface area contributed by atoms with Crippen molar-refractivity contribution < 1.29 is 17.9 Å². The van der Waals surface area contributed by atoms with Gasteiger partial charge in [-0.05, 0) is 35.7 Å². The molecule has 0 aliphatic carbocycles. The van der Waals surface area contributed by atoms with Crippen LogP contribution in [-0.2, 0) is 27.9 Å². The Kier molecular flexibility index (Phi) is 7.44. The van der Waals surface area contributed by atoms with Gasteiger partial charge in [0, 0.05) is 13.1 Å². The van der Waals surface area contributed by atoms with Gasteiger partial charge in [0.1, 0.15) is 10.6 Å². The Morgan fingerprint density at radius 2 is 1.55 bits per heavy atom. The van der Waals surface area contributed by atoms with Crippen molar-refractivity contribution in [1.29, 1.82) is 0 Å². The van der Waals surface area contributed by atoms with Gasteiger partial charge in [0.2, 0.25) is 15.9 Å². The summed E-state index contributed by atoms with van der Waals surface area (Å²) in [5.41, 5.74) is 2.51. The van der Waals surface area contributed by atoms with Crippen LogP contribution in [0.3, 0.4) is 0 Å². The van der Waals surface area contributed by atoms with Crippen molar-refractivity contribution in [1.82, 2.24) is 9.62 Å². The molecule has 1 amide bonds. The Morgan fingerprint density at radius 1 is 0.935 bits per heavy atom. The monoisotopic (exact) mass is 438 g/mol. The maximum Gasteiger partial charge on any atom is 0.247 e. The van der Waals surface area contributed by atoms with Gasteiger partial charge in [-0.15, -0.1) is 0 Å². The molecule has 0 heterocycles. The lowest BCUT2D eigenvalue weighted by atomic mass is 10.2. The highest BCUT2D eigenvalue weighted by atomic mass is 32.2. The summed E-state index contributed by atoms with van der Waals surface area (Å²) in [7, 11) is -2.57. The highest BCUT2D eigenvalue weighted by Crippen LogP contribution is 2.28. The Morgan fingerprint density at radius 3 is 2.16 bits per heavy atom. The fraction of sp³-hybridized carbons (Fsp3) is 0.208. The number of hydrogen-bond donors (Lipinski definition) is 1. The zero-order valence-electron chi connectivity index (χ0n) is 17.6. The number of sulfonamides is 1. The van der Waals surface area contributed by atoms with Crippen molar-refractivity contribution in [2.24, 2.45) is 0 Å². The van der Waals surface area contributed by atoms with E-state index in [0.29, 0.717) is 6.54 Å². The number of benzene rings is 3. The van der Waals surface area contributed by atoms with E-state index in [4.69, 9.17) is 4.74 Å². The van der Waals surface area contributed by atoms with Crippen molar-refractivity contribution in [3.05, 3.63) is 95.6 Å². The molecule has 1 N–H and O–H groups in total. The zero-order chi connectivity index (χ0) is 22.3. The molecule has 3 rings (SSSR count). The van der Waals surface area contributed by atoms with Gasteiger partial charge in [0.05, 0.1) is 13.7 Å². The minimum atomic E-state index is -4.00. The number of carbonyl (C=O) groups is 1. The third-order valence-electron chi connectivity index (χ3n) is 4.79. The third-order valence-corrected chi connectivity index (χ3v) is 6.60. The Labute approximate surface area is 183 Å². The molecule has 0 saturated heterocycles.